The summed E-state index contributed by atoms with van der Waals surface area (Å²) in [5.74, 6) is 2.51. The molecule has 0 fully saturated rings. The molecule has 0 N–H and O–H groups in total. The highest BCUT2D eigenvalue weighted by Gasteiger charge is 2.06. The third-order valence-corrected chi connectivity index (χ3v) is 3.33. The minimum atomic E-state index is 0.440. The molecule has 2 aromatic rings. The summed E-state index contributed by atoms with van der Waals surface area (Å²) >= 11 is 5.79. The number of pyridine rings is 1. The second kappa shape index (κ2) is 6.07. The van der Waals surface area contributed by atoms with Crippen LogP contribution < -0.4 is 4.74 Å². The van der Waals surface area contributed by atoms with Crippen LogP contribution in [-0.4, -0.2) is 4.98 Å². The lowest BCUT2D eigenvalue weighted by atomic mass is 9.98. The molecular weight excluding hydrogens is 258 g/mol. The molecule has 2 rings (SSSR count). The number of aromatic nitrogens is 1. The van der Waals surface area contributed by atoms with E-state index in [2.05, 4.69) is 37.9 Å². The Labute approximate surface area is 119 Å². The Morgan fingerprint density at radius 2 is 1.95 bits per heavy atom. The van der Waals surface area contributed by atoms with Crippen LogP contribution >= 0.6 is 11.6 Å². The predicted molar refractivity (Wildman–Crippen MR) is 79.1 cm³/mol. The molecule has 0 radical (unpaired) electrons. The van der Waals surface area contributed by atoms with Crippen molar-refractivity contribution in [2.75, 3.05) is 0 Å². The summed E-state index contributed by atoms with van der Waals surface area (Å²) in [5, 5.41) is 0. The van der Waals surface area contributed by atoms with Crippen LogP contribution in [0.15, 0.2) is 36.7 Å². The Kier molecular flexibility index (Phi) is 4.43. The van der Waals surface area contributed by atoms with Crippen LogP contribution in [0.2, 0.25) is 0 Å². The molecule has 0 aliphatic carbocycles. The number of alkyl halides is 1. The minimum absolute atomic E-state index is 0.440. The van der Waals surface area contributed by atoms with E-state index < -0.39 is 0 Å². The van der Waals surface area contributed by atoms with Crippen LogP contribution in [0.25, 0.3) is 0 Å². The van der Waals surface area contributed by atoms with Crippen LogP contribution in [0.5, 0.6) is 11.5 Å². The molecule has 1 aromatic heterocycles. The van der Waals surface area contributed by atoms with Gasteiger partial charge in [-0.25, -0.2) is 0 Å². The maximum absolute atomic E-state index is 5.82. The summed E-state index contributed by atoms with van der Waals surface area (Å²) in [6.45, 7) is 6.49. The van der Waals surface area contributed by atoms with E-state index in [1.165, 1.54) is 11.1 Å². The molecule has 100 valence electrons. The Morgan fingerprint density at radius 3 is 2.58 bits per heavy atom. The van der Waals surface area contributed by atoms with Crippen molar-refractivity contribution in [3.8, 4) is 11.5 Å². The van der Waals surface area contributed by atoms with Crippen LogP contribution in [0, 0.1) is 6.92 Å². The quantitative estimate of drug-likeness (QED) is 0.729. The zero-order chi connectivity index (χ0) is 13.8. The Morgan fingerprint density at radius 1 is 1.16 bits per heavy atom. The number of rotatable bonds is 4. The summed E-state index contributed by atoms with van der Waals surface area (Å²) in [6, 6.07) is 8.08. The molecule has 0 aliphatic heterocycles. The van der Waals surface area contributed by atoms with Gasteiger partial charge in [0, 0.05) is 12.1 Å². The highest BCUT2D eigenvalue weighted by Crippen LogP contribution is 2.27. The molecule has 0 spiro atoms. The van der Waals surface area contributed by atoms with Gasteiger partial charge in [-0.05, 0) is 47.7 Å². The van der Waals surface area contributed by atoms with Gasteiger partial charge in [0.05, 0.1) is 6.20 Å². The summed E-state index contributed by atoms with van der Waals surface area (Å²) < 4.78 is 5.82. The standard InChI is InChI=1S/C16H18ClNO/c1-11(2)16-5-4-14(6-12(16)3)19-15-7-13(8-17)9-18-10-15/h4-7,9-11H,8H2,1-3H3. The van der Waals surface area contributed by atoms with Gasteiger partial charge < -0.3 is 4.74 Å². The third kappa shape index (κ3) is 3.48. The molecule has 0 aliphatic rings. The zero-order valence-corrected chi connectivity index (χ0v) is 12.2. The fourth-order valence-corrected chi connectivity index (χ4v) is 2.23. The topological polar surface area (TPSA) is 22.1 Å². The molecule has 0 unspecified atom stereocenters. The van der Waals surface area contributed by atoms with Crippen molar-refractivity contribution < 1.29 is 4.74 Å². The molecule has 0 amide bonds. The number of aryl methyl sites for hydroxylation is 1. The highest BCUT2D eigenvalue weighted by atomic mass is 35.5. The van der Waals surface area contributed by atoms with Gasteiger partial charge in [0.1, 0.15) is 11.5 Å². The second-order valence-electron chi connectivity index (χ2n) is 4.94. The molecule has 3 heteroatoms. The largest absolute Gasteiger partial charge is 0.456 e. The van der Waals surface area contributed by atoms with E-state index in [0.717, 1.165) is 17.1 Å². The number of ether oxygens (including phenoxy) is 1. The first-order valence-electron chi connectivity index (χ1n) is 6.38. The van der Waals surface area contributed by atoms with Gasteiger partial charge in [-0.15, -0.1) is 11.6 Å². The van der Waals surface area contributed by atoms with Crippen molar-refractivity contribution in [1.82, 2.24) is 4.98 Å². The molecule has 1 heterocycles. The van der Waals surface area contributed by atoms with Crippen molar-refractivity contribution in [2.45, 2.75) is 32.6 Å². The summed E-state index contributed by atoms with van der Waals surface area (Å²) in [5.41, 5.74) is 3.55. The van der Waals surface area contributed by atoms with Crippen LogP contribution in [0.3, 0.4) is 0 Å². The Hall–Kier alpha value is -1.54. The maximum Gasteiger partial charge on any atom is 0.146 e. The van der Waals surface area contributed by atoms with Gasteiger partial charge in [-0.2, -0.15) is 0 Å². The van der Waals surface area contributed by atoms with Crippen molar-refractivity contribution in [3.05, 3.63) is 53.3 Å². The Bertz CT molecular complexity index is 566. The second-order valence-corrected chi connectivity index (χ2v) is 5.20. The molecular formula is C16H18ClNO. The van der Waals surface area contributed by atoms with Gasteiger partial charge in [0.15, 0.2) is 0 Å². The lowest BCUT2D eigenvalue weighted by Crippen LogP contribution is -1.93. The van der Waals surface area contributed by atoms with Crippen molar-refractivity contribution >= 4 is 11.6 Å². The monoisotopic (exact) mass is 275 g/mol. The van der Waals surface area contributed by atoms with Gasteiger partial charge >= 0.3 is 0 Å². The summed E-state index contributed by atoms with van der Waals surface area (Å²) in [4.78, 5) is 4.11. The first-order valence-corrected chi connectivity index (χ1v) is 6.92. The van der Waals surface area contributed by atoms with Crippen molar-refractivity contribution in [1.29, 1.82) is 0 Å². The Balaban J connectivity index is 2.21. The van der Waals surface area contributed by atoms with E-state index in [-0.39, 0.29) is 0 Å². The number of hydrogen-bond donors (Lipinski definition) is 0. The van der Waals surface area contributed by atoms with E-state index in [4.69, 9.17) is 16.3 Å². The van der Waals surface area contributed by atoms with E-state index in [1.807, 2.05) is 12.1 Å². The van der Waals surface area contributed by atoms with Gasteiger partial charge in [-0.1, -0.05) is 19.9 Å². The zero-order valence-electron chi connectivity index (χ0n) is 11.5. The first-order chi connectivity index (χ1) is 9.10. The number of hydrogen-bond acceptors (Lipinski definition) is 2. The lowest BCUT2D eigenvalue weighted by molar-refractivity contribution is 0.479. The van der Waals surface area contributed by atoms with E-state index in [0.29, 0.717) is 11.8 Å². The van der Waals surface area contributed by atoms with Crippen molar-refractivity contribution in [3.63, 3.8) is 0 Å². The van der Waals surface area contributed by atoms with Crippen molar-refractivity contribution in [2.24, 2.45) is 0 Å². The predicted octanol–water partition coefficient (Wildman–Crippen LogP) is 5.04. The van der Waals surface area contributed by atoms with Gasteiger partial charge in [-0.3, -0.25) is 4.98 Å². The van der Waals surface area contributed by atoms with Gasteiger partial charge in [0.25, 0.3) is 0 Å². The fraction of sp³-hybridized carbons (Fsp3) is 0.312. The molecule has 0 bridgehead atoms. The molecule has 19 heavy (non-hydrogen) atoms. The minimum Gasteiger partial charge on any atom is -0.456 e. The SMILES string of the molecule is Cc1cc(Oc2cncc(CCl)c2)ccc1C(C)C. The average Bonchev–Trinajstić information content (AvgIpc) is 2.38. The number of nitrogens with zero attached hydrogens (tertiary/aromatic N) is 1. The molecule has 0 atom stereocenters. The van der Waals surface area contributed by atoms with Gasteiger partial charge in [0.2, 0.25) is 0 Å². The molecule has 0 saturated heterocycles. The summed E-state index contributed by atoms with van der Waals surface area (Å²) in [6.07, 6.45) is 3.44. The third-order valence-electron chi connectivity index (χ3n) is 3.02. The summed E-state index contributed by atoms with van der Waals surface area (Å²) in [7, 11) is 0. The molecule has 1 aromatic carbocycles. The van der Waals surface area contributed by atoms with Crippen LogP contribution in [-0.2, 0) is 5.88 Å². The number of halogens is 1. The normalized spacial score (nSPS) is 10.8. The average molecular weight is 276 g/mol. The lowest BCUT2D eigenvalue weighted by Gasteiger charge is -2.12. The number of benzene rings is 1. The fourth-order valence-electron chi connectivity index (χ4n) is 2.09. The molecule has 2 nitrogen and oxygen atoms in total. The highest BCUT2D eigenvalue weighted by molar-refractivity contribution is 6.17. The van der Waals surface area contributed by atoms with E-state index >= 15 is 0 Å². The maximum atomic E-state index is 5.82. The van der Waals surface area contributed by atoms with E-state index in [9.17, 15) is 0 Å². The van der Waals surface area contributed by atoms with Crippen LogP contribution in [0.1, 0.15) is 36.5 Å². The molecule has 0 saturated carbocycles. The first kappa shape index (κ1) is 13.9. The van der Waals surface area contributed by atoms with E-state index in [1.54, 1.807) is 12.4 Å². The van der Waals surface area contributed by atoms with Crippen LogP contribution in [0.4, 0.5) is 0 Å². The smallest absolute Gasteiger partial charge is 0.146 e.